The molecular formula is C24H32F3N3O5S2. The molecule has 5 heterocycles. The van der Waals surface area contributed by atoms with Crippen LogP contribution >= 0.6 is 11.3 Å². The highest BCUT2D eigenvalue weighted by atomic mass is 32.2. The van der Waals surface area contributed by atoms with E-state index in [1.54, 1.807) is 10.9 Å². The second-order valence-electron chi connectivity index (χ2n) is 10.7. The summed E-state index contributed by atoms with van der Waals surface area (Å²) in [5, 5.41) is 24.9. The zero-order chi connectivity index (χ0) is 26.6. The molecule has 13 heteroatoms. The van der Waals surface area contributed by atoms with Gasteiger partial charge in [-0.05, 0) is 44.6 Å². The molecule has 2 saturated heterocycles. The van der Waals surface area contributed by atoms with Gasteiger partial charge in [0.05, 0.1) is 43.1 Å². The molecule has 0 radical (unpaired) electrons. The maximum Gasteiger partial charge on any atom is 0.425 e. The summed E-state index contributed by atoms with van der Waals surface area (Å²) in [5.41, 5.74) is -0.343. The predicted octanol–water partition coefficient (Wildman–Crippen LogP) is 2.85. The van der Waals surface area contributed by atoms with Crippen LogP contribution in [0.25, 0.3) is 0 Å². The van der Waals surface area contributed by atoms with Crippen LogP contribution in [0.2, 0.25) is 0 Å². The summed E-state index contributed by atoms with van der Waals surface area (Å²) in [6, 6.07) is 0.0322. The third kappa shape index (κ3) is 5.35. The van der Waals surface area contributed by atoms with Crippen molar-refractivity contribution in [2.24, 2.45) is 0 Å². The molecule has 37 heavy (non-hydrogen) atoms. The number of hydrogen-bond acceptors (Lipinski definition) is 8. The minimum absolute atomic E-state index is 0.00473. The lowest BCUT2D eigenvalue weighted by Crippen LogP contribution is -2.50. The first-order valence-electron chi connectivity index (χ1n) is 12.5. The molecule has 2 aromatic rings. The van der Waals surface area contributed by atoms with E-state index < -0.39 is 38.7 Å². The Balaban J connectivity index is 1.27. The molecule has 2 fully saturated rings. The number of aliphatic hydroxyl groups excluding tert-OH is 1. The number of sulfone groups is 1. The van der Waals surface area contributed by atoms with E-state index in [1.807, 2.05) is 13.1 Å². The van der Waals surface area contributed by atoms with Crippen LogP contribution in [0.1, 0.15) is 59.1 Å². The molecule has 0 amide bonds. The van der Waals surface area contributed by atoms with E-state index in [-0.39, 0.29) is 42.5 Å². The number of ether oxygens (including phenoxy) is 1. The van der Waals surface area contributed by atoms with Gasteiger partial charge < -0.3 is 14.9 Å². The topological polar surface area (TPSA) is 105 Å². The summed E-state index contributed by atoms with van der Waals surface area (Å²) in [5.74, 6) is -0.0497. The number of nitrogens with zero attached hydrogens (tertiary/aromatic N) is 3. The fraction of sp³-hybridized carbons (Fsp3) is 0.708. The molecule has 0 saturated carbocycles. The maximum atomic E-state index is 13.7. The van der Waals surface area contributed by atoms with Crippen molar-refractivity contribution in [2.45, 2.75) is 82.1 Å². The van der Waals surface area contributed by atoms with Crippen LogP contribution in [-0.2, 0) is 52.5 Å². The van der Waals surface area contributed by atoms with E-state index in [0.29, 0.717) is 49.4 Å². The van der Waals surface area contributed by atoms with Gasteiger partial charge in [-0.1, -0.05) is 0 Å². The van der Waals surface area contributed by atoms with Crippen molar-refractivity contribution in [1.29, 1.82) is 0 Å². The van der Waals surface area contributed by atoms with Gasteiger partial charge in [0.2, 0.25) is 0 Å². The molecular weight excluding hydrogens is 531 g/mol. The Labute approximate surface area is 218 Å². The summed E-state index contributed by atoms with van der Waals surface area (Å²) < 4.78 is 72.2. The molecule has 0 aliphatic carbocycles. The average Bonchev–Trinajstić information content (AvgIpc) is 3.43. The van der Waals surface area contributed by atoms with Gasteiger partial charge in [-0.25, -0.2) is 8.42 Å². The molecule has 8 nitrogen and oxygen atoms in total. The number of fused-ring (bicyclic) bond motifs is 2. The highest BCUT2D eigenvalue weighted by Gasteiger charge is 2.48. The van der Waals surface area contributed by atoms with Crippen molar-refractivity contribution >= 4 is 21.2 Å². The molecule has 206 valence electrons. The monoisotopic (exact) mass is 563 g/mol. The predicted molar refractivity (Wildman–Crippen MR) is 131 cm³/mol. The van der Waals surface area contributed by atoms with Crippen molar-refractivity contribution in [2.75, 3.05) is 24.7 Å². The highest BCUT2D eigenvalue weighted by Crippen LogP contribution is 2.51. The smallest absolute Gasteiger partial charge is 0.392 e. The van der Waals surface area contributed by atoms with E-state index in [1.165, 1.54) is 0 Å². The average molecular weight is 564 g/mol. The number of hydrogen-bond donors (Lipinski definition) is 2. The molecule has 0 unspecified atom stereocenters. The molecule has 2 aromatic heterocycles. The van der Waals surface area contributed by atoms with Crippen LogP contribution in [0.5, 0.6) is 0 Å². The number of rotatable bonds is 5. The van der Waals surface area contributed by atoms with Gasteiger partial charge in [-0.3, -0.25) is 9.58 Å². The Kier molecular flexibility index (Phi) is 7.02. The Morgan fingerprint density at radius 1 is 1.27 bits per heavy atom. The van der Waals surface area contributed by atoms with Gasteiger partial charge in [0.1, 0.15) is 10.5 Å². The van der Waals surface area contributed by atoms with Crippen molar-refractivity contribution in [3.8, 4) is 0 Å². The molecule has 3 aliphatic rings. The molecule has 0 bridgehead atoms. The standard InChI is InChI=1S/C24H32F3N3O5S2/c1-16-10-23(20-18(2-7-35-23)19(14-31)21(36-20)24(25,26)27)3-6-29(16)12-17-11-28-30(13-17)15-22(32)4-8-37(33,34)9-5-22/h11,13,16,31-32H,2-10,12,14-15H2,1H3/t16-,23+/m0/s1. The SMILES string of the molecule is C[C@H]1C[C@@]2(CCN1Cc1cnn(CC3(O)CCS(=O)(=O)CC3)c1)OCCc1c2sc(C(F)(F)F)c1CO. The summed E-state index contributed by atoms with van der Waals surface area (Å²) in [4.78, 5) is 2.14. The Hall–Kier alpha value is -1.51. The second kappa shape index (κ2) is 9.60. The summed E-state index contributed by atoms with van der Waals surface area (Å²) >= 11 is 0.722. The Morgan fingerprint density at radius 2 is 2.00 bits per heavy atom. The minimum Gasteiger partial charge on any atom is -0.392 e. The third-order valence-corrected chi connectivity index (χ3v) is 11.2. The Bertz CT molecular complexity index is 1240. The summed E-state index contributed by atoms with van der Waals surface area (Å²) in [7, 11) is -3.08. The number of aliphatic hydroxyl groups is 2. The van der Waals surface area contributed by atoms with Crippen molar-refractivity contribution in [1.82, 2.24) is 14.7 Å². The maximum absolute atomic E-state index is 13.7. The van der Waals surface area contributed by atoms with Crippen LogP contribution in [0, 0.1) is 0 Å². The number of halogens is 3. The van der Waals surface area contributed by atoms with E-state index in [2.05, 4.69) is 10.00 Å². The van der Waals surface area contributed by atoms with Gasteiger partial charge in [0, 0.05) is 41.3 Å². The van der Waals surface area contributed by atoms with E-state index >= 15 is 0 Å². The molecule has 2 atom stereocenters. The largest absolute Gasteiger partial charge is 0.425 e. The fourth-order valence-corrected chi connectivity index (χ4v) is 8.95. The number of likely N-dealkylation sites (tertiary alicyclic amines) is 1. The van der Waals surface area contributed by atoms with Gasteiger partial charge in [-0.15, -0.1) is 11.3 Å². The number of piperidine rings is 1. The summed E-state index contributed by atoms with van der Waals surface area (Å²) in [6.07, 6.45) is 0.929. The fourth-order valence-electron chi connectivity index (χ4n) is 5.95. The van der Waals surface area contributed by atoms with Crippen LogP contribution in [0.15, 0.2) is 12.4 Å². The van der Waals surface area contributed by atoms with E-state index in [4.69, 9.17) is 4.74 Å². The van der Waals surface area contributed by atoms with Crippen LogP contribution < -0.4 is 0 Å². The van der Waals surface area contributed by atoms with E-state index in [9.17, 15) is 31.8 Å². The van der Waals surface area contributed by atoms with Gasteiger partial charge in [0.15, 0.2) is 9.84 Å². The summed E-state index contributed by atoms with van der Waals surface area (Å²) in [6.45, 7) is 3.19. The molecule has 0 aromatic carbocycles. The number of alkyl halides is 3. The Morgan fingerprint density at radius 3 is 2.65 bits per heavy atom. The molecule has 1 spiro atoms. The first-order valence-corrected chi connectivity index (χ1v) is 15.1. The zero-order valence-electron chi connectivity index (χ0n) is 20.6. The normalized spacial score (nSPS) is 27.9. The lowest BCUT2D eigenvalue weighted by atomic mass is 9.81. The van der Waals surface area contributed by atoms with Gasteiger partial charge in [-0.2, -0.15) is 18.3 Å². The molecule has 2 N–H and O–H groups in total. The molecule has 5 rings (SSSR count). The zero-order valence-corrected chi connectivity index (χ0v) is 22.3. The number of aromatic nitrogens is 2. The van der Waals surface area contributed by atoms with Crippen LogP contribution in [0.3, 0.4) is 0 Å². The second-order valence-corrected chi connectivity index (χ2v) is 14.0. The third-order valence-electron chi connectivity index (χ3n) is 8.01. The van der Waals surface area contributed by atoms with E-state index in [0.717, 1.165) is 16.9 Å². The van der Waals surface area contributed by atoms with Gasteiger partial charge in [0.25, 0.3) is 0 Å². The van der Waals surface area contributed by atoms with Gasteiger partial charge >= 0.3 is 6.18 Å². The van der Waals surface area contributed by atoms with Crippen LogP contribution in [-0.4, -0.2) is 69.6 Å². The first kappa shape index (κ1) is 27.1. The quantitative estimate of drug-likeness (QED) is 0.577. The van der Waals surface area contributed by atoms with Crippen molar-refractivity contribution in [3.05, 3.63) is 38.8 Å². The first-order chi connectivity index (χ1) is 17.3. The van der Waals surface area contributed by atoms with Crippen molar-refractivity contribution < 1.29 is 36.5 Å². The highest BCUT2D eigenvalue weighted by molar-refractivity contribution is 7.91. The molecule has 3 aliphatic heterocycles. The minimum atomic E-state index is -4.51. The van der Waals surface area contributed by atoms with Crippen molar-refractivity contribution in [3.63, 3.8) is 0 Å². The lowest BCUT2D eigenvalue weighted by Gasteiger charge is -2.47. The number of thiophene rings is 1. The van der Waals surface area contributed by atoms with Crippen LogP contribution in [0.4, 0.5) is 13.2 Å². The lowest BCUT2D eigenvalue weighted by molar-refractivity contribution is -0.135.